The van der Waals surface area contributed by atoms with Crippen molar-refractivity contribution >= 4 is 18.9 Å². The van der Waals surface area contributed by atoms with Crippen LogP contribution < -0.4 is 5.73 Å². The third-order valence-electron chi connectivity index (χ3n) is 0.461. The molecule has 0 fully saturated rings. The Balaban J connectivity index is -0.000000131. The van der Waals surface area contributed by atoms with Gasteiger partial charge in [0.15, 0.2) is 0 Å². The van der Waals surface area contributed by atoms with Crippen molar-refractivity contribution in [3.05, 3.63) is 12.7 Å². The summed E-state index contributed by atoms with van der Waals surface area (Å²) in [4.78, 5) is 26.8. The zero-order valence-corrected chi connectivity index (χ0v) is 7.36. The normalized spacial score (nSPS) is 6.23. The van der Waals surface area contributed by atoms with Crippen molar-refractivity contribution in [2.75, 3.05) is 6.61 Å². The third-order valence-corrected chi connectivity index (χ3v) is 0.461. The minimum atomic E-state index is -0.981. The van der Waals surface area contributed by atoms with Crippen molar-refractivity contribution in [3.63, 3.8) is 0 Å². The molecule has 76 valence electrons. The van der Waals surface area contributed by atoms with E-state index in [1.165, 1.54) is 0 Å². The van der Waals surface area contributed by atoms with Gasteiger partial charge in [-0.25, -0.2) is 9.59 Å². The fourth-order valence-electron chi connectivity index (χ4n) is 0.142. The maximum Gasteiger partial charge on any atom is 0.404 e. The number of carbonyl (C=O) groups is 3. The van der Waals surface area contributed by atoms with Crippen molar-refractivity contribution in [3.8, 4) is 0 Å². The number of ether oxygens (including phenoxy) is 1. The summed E-state index contributed by atoms with van der Waals surface area (Å²) in [7, 11) is 0. The molecular formula is C7H13NO5. The second kappa shape index (κ2) is 16.6. The molecule has 0 saturated carbocycles. The maximum atomic E-state index is 9.60. The third kappa shape index (κ3) is 67.9. The average molecular weight is 191 g/mol. The highest BCUT2D eigenvalue weighted by atomic mass is 16.5. The number of rotatable bonds is 2. The smallest absolute Gasteiger partial charge is 0.404 e. The average Bonchev–Trinajstić information content (AvgIpc) is 2.09. The number of amides is 1. The van der Waals surface area contributed by atoms with Gasteiger partial charge in [-0.1, -0.05) is 6.58 Å². The van der Waals surface area contributed by atoms with Gasteiger partial charge in [0, 0.05) is 6.08 Å². The van der Waals surface area contributed by atoms with Gasteiger partial charge in [-0.3, -0.25) is 0 Å². The van der Waals surface area contributed by atoms with Crippen molar-refractivity contribution < 1.29 is 24.2 Å². The monoisotopic (exact) mass is 191 g/mol. The zero-order chi connectivity index (χ0) is 11.3. The standard InChI is InChI=1S/C3H7NO2.C3H4O2.CH2O/c1-2-6-3(4)5;1-2-3(4)5;1-2/h2H2,1H3,(H2,4,5);2H,1H2,(H,4,5);1H2. The topological polar surface area (TPSA) is 107 Å². The van der Waals surface area contributed by atoms with Gasteiger partial charge in [-0.2, -0.15) is 0 Å². The summed E-state index contributed by atoms with van der Waals surface area (Å²) in [6.07, 6.45) is 0.123. The Kier molecular flexibility index (Phi) is 22.1. The summed E-state index contributed by atoms with van der Waals surface area (Å²) in [5.41, 5.74) is 4.54. The lowest BCUT2D eigenvalue weighted by Gasteiger charge is -1.89. The number of nitrogens with two attached hydrogens (primary N) is 1. The molecule has 1 amide bonds. The van der Waals surface area contributed by atoms with Crippen molar-refractivity contribution in [1.29, 1.82) is 0 Å². The first-order chi connectivity index (χ1) is 6.04. The van der Waals surface area contributed by atoms with Gasteiger partial charge in [-0.05, 0) is 6.92 Å². The van der Waals surface area contributed by atoms with Crippen LogP contribution in [-0.2, 0) is 14.3 Å². The Morgan fingerprint density at radius 1 is 1.54 bits per heavy atom. The minimum Gasteiger partial charge on any atom is -0.478 e. The number of aliphatic carboxylic acids is 1. The van der Waals surface area contributed by atoms with E-state index in [1.807, 2.05) is 6.79 Å². The van der Waals surface area contributed by atoms with Crippen LogP contribution in [0.5, 0.6) is 0 Å². The van der Waals surface area contributed by atoms with E-state index >= 15 is 0 Å². The van der Waals surface area contributed by atoms with Gasteiger partial charge in [0.25, 0.3) is 0 Å². The molecule has 3 N–H and O–H groups in total. The molecule has 0 aromatic carbocycles. The van der Waals surface area contributed by atoms with Crippen LogP contribution in [0.4, 0.5) is 4.79 Å². The van der Waals surface area contributed by atoms with E-state index < -0.39 is 12.1 Å². The molecule has 0 bridgehead atoms. The Hall–Kier alpha value is -1.85. The predicted octanol–water partition coefficient (Wildman–Crippen LogP) is 0.174. The second-order valence-electron chi connectivity index (χ2n) is 1.29. The number of carbonyl (C=O) groups excluding carboxylic acids is 2. The molecule has 0 aromatic rings. The Bertz CT molecular complexity index is 157. The maximum absolute atomic E-state index is 9.60. The van der Waals surface area contributed by atoms with Crippen LogP contribution in [0, 0.1) is 0 Å². The zero-order valence-electron chi connectivity index (χ0n) is 7.36. The van der Waals surface area contributed by atoms with Gasteiger partial charge in [0.05, 0.1) is 6.61 Å². The lowest BCUT2D eigenvalue weighted by Crippen LogP contribution is -2.11. The fraction of sp³-hybridized carbons (Fsp3) is 0.286. The van der Waals surface area contributed by atoms with Gasteiger partial charge in [0.2, 0.25) is 0 Å². The van der Waals surface area contributed by atoms with Gasteiger partial charge >= 0.3 is 12.1 Å². The molecule has 0 aliphatic rings. The first-order valence-corrected chi connectivity index (χ1v) is 3.11. The van der Waals surface area contributed by atoms with Crippen LogP contribution in [0.2, 0.25) is 0 Å². The second-order valence-corrected chi connectivity index (χ2v) is 1.29. The molecule has 0 heterocycles. The van der Waals surface area contributed by atoms with Gasteiger partial charge in [-0.15, -0.1) is 0 Å². The Morgan fingerprint density at radius 3 is 1.85 bits per heavy atom. The Labute approximate surface area is 76.0 Å². The number of carboxylic acid groups (broad SMARTS) is 1. The van der Waals surface area contributed by atoms with Crippen LogP contribution in [-0.4, -0.2) is 30.6 Å². The number of hydrogen-bond acceptors (Lipinski definition) is 4. The molecule has 0 aromatic heterocycles. The minimum absolute atomic E-state index is 0.356. The first-order valence-electron chi connectivity index (χ1n) is 3.11. The van der Waals surface area contributed by atoms with Gasteiger partial charge in [0.1, 0.15) is 6.79 Å². The molecular weight excluding hydrogens is 178 g/mol. The van der Waals surface area contributed by atoms with E-state index in [1.54, 1.807) is 6.92 Å². The van der Waals surface area contributed by atoms with Crippen LogP contribution in [0.1, 0.15) is 6.92 Å². The lowest BCUT2D eigenvalue weighted by molar-refractivity contribution is -0.131. The van der Waals surface area contributed by atoms with E-state index in [0.29, 0.717) is 6.61 Å². The van der Waals surface area contributed by atoms with Crippen LogP contribution >= 0.6 is 0 Å². The SMILES string of the molecule is C=CC(=O)O.C=O.CCOC(N)=O. The Morgan fingerprint density at radius 2 is 1.85 bits per heavy atom. The summed E-state index contributed by atoms with van der Waals surface area (Å²) in [6.45, 7) is 7.02. The predicted molar refractivity (Wildman–Crippen MR) is 46.2 cm³/mol. The molecule has 0 saturated heterocycles. The fourth-order valence-corrected chi connectivity index (χ4v) is 0.142. The number of carboxylic acids is 1. The van der Waals surface area contributed by atoms with Crippen molar-refractivity contribution in [2.45, 2.75) is 6.92 Å². The quantitative estimate of drug-likeness (QED) is 0.605. The van der Waals surface area contributed by atoms with E-state index in [0.717, 1.165) is 6.08 Å². The number of primary amides is 1. The largest absolute Gasteiger partial charge is 0.478 e. The highest BCUT2D eigenvalue weighted by Crippen LogP contribution is 1.66. The summed E-state index contributed by atoms with van der Waals surface area (Å²) in [5, 5.41) is 7.60. The highest BCUT2D eigenvalue weighted by molar-refractivity contribution is 5.78. The van der Waals surface area contributed by atoms with Crippen LogP contribution in [0.25, 0.3) is 0 Å². The molecule has 0 atom stereocenters. The highest BCUT2D eigenvalue weighted by Gasteiger charge is 1.82. The van der Waals surface area contributed by atoms with Crippen molar-refractivity contribution in [2.24, 2.45) is 5.73 Å². The molecule has 6 heteroatoms. The summed E-state index contributed by atoms with van der Waals surface area (Å²) < 4.78 is 4.18. The number of hydrogen-bond donors (Lipinski definition) is 2. The molecule has 0 aliphatic heterocycles. The molecule has 13 heavy (non-hydrogen) atoms. The summed E-state index contributed by atoms with van der Waals surface area (Å²) >= 11 is 0. The molecule has 0 spiro atoms. The lowest BCUT2D eigenvalue weighted by atomic mass is 10.7. The summed E-state index contributed by atoms with van der Waals surface area (Å²) in [6, 6.07) is 0. The molecule has 0 aliphatic carbocycles. The van der Waals surface area contributed by atoms with E-state index in [9.17, 15) is 9.59 Å². The van der Waals surface area contributed by atoms with E-state index in [4.69, 9.17) is 9.90 Å². The molecule has 0 rings (SSSR count). The van der Waals surface area contributed by atoms with Gasteiger partial charge < -0.3 is 20.4 Å². The first kappa shape index (κ1) is 17.3. The van der Waals surface area contributed by atoms with E-state index in [2.05, 4.69) is 17.0 Å². The molecule has 0 radical (unpaired) electrons. The molecule has 0 unspecified atom stereocenters. The molecule has 6 nitrogen and oxygen atoms in total. The van der Waals surface area contributed by atoms with Crippen LogP contribution in [0.3, 0.4) is 0 Å². The summed E-state index contributed by atoms with van der Waals surface area (Å²) in [5.74, 6) is -0.981. The van der Waals surface area contributed by atoms with Crippen molar-refractivity contribution in [1.82, 2.24) is 0 Å². The van der Waals surface area contributed by atoms with E-state index in [-0.39, 0.29) is 0 Å². The van der Waals surface area contributed by atoms with Crippen LogP contribution in [0.15, 0.2) is 12.7 Å².